The van der Waals surface area contributed by atoms with Crippen LogP contribution < -0.4 is 5.32 Å². The molecule has 88 valence electrons. The van der Waals surface area contributed by atoms with E-state index < -0.39 is 11.6 Å². The highest BCUT2D eigenvalue weighted by Gasteiger charge is 2.19. The van der Waals surface area contributed by atoms with E-state index in [0.29, 0.717) is 12.1 Å². The van der Waals surface area contributed by atoms with Gasteiger partial charge in [-0.2, -0.15) is 0 Å². The predicted octanol–water partition coefficient (Wildman–Crippen LogP) is 3.24. The second-order valence-electron chi connectivity index (χ2n) is 4.48. The molecule has 0 unspecified atom stereocenters. The summed E-state index contributed by atoms with van der Waals surface area (Å²) in [4.78, 5) is 0. The SMILES string of the molecule is Fc1cccc(CNCCCC2CC2)c1F. The average Bonchev–Trinajstić information content (AvgIpc) is 3.07. The fourth-order valence-corrected chi connectivity index (χ4v) is 1.83. The second-order valence-corrected chi connectivity index (χ2v) is 4.48. The van der Waals surface area contributed by atoms with Crippen molar-refractivity contribution in [2.45, 2.75) is 32.2 Å². The van der Waals surface area contributed by atoms with Crippen LogP contribution >= 0.6 is 0 Å². The molecule has 1 aliphatic carbocycles. The van der Waals surface area contributed by atoms with Gasteiger partial charge in [0.05, 0.1) is 0 Å². The van der Waals surface area contributed by atoms with Crippen LogP contribution in [0.3, 0.4) is 0 Å². The average molecular weight is 225 g/mol. The lowest BCUT2D eigenvalue weighted by Gasteiger charge is -2.06. The lowest BCUT2D eigenvalue weighted by Crippen LogP contribution is -2.16. The van der Waals surface area contributed by atoms with Crippen LogP contribution in [0, 0.1) is 17.6 Å². The Morgan fingerprint density at radius 2 is 2.06 bits per heavy atom. The lowest BCUT2D eigenvalue weighted by atomic mass is 10.2. The number of halogens is 2. The van der Waals surface area contributed by atoms with E-state index in [1.807, 2.05) is 0 Å². The molecule has 0 heterocycles. The molecule has 16 heavy (non-hydrogen) atoms. The van der Waals surface area contributed by atoms with E-state index in [-0.39, 0.29) is 0 Å². The van der Waals surface area contributed by atoms with E-state index in [0.717, 1.165) is 24.9 Å². The number of hydrogen-bond acceptors (Lipinski definition) is 1. The molecule has 0 spiro atoms. The lowest BCUT2D eigenvalue weighted by molar-refractivity contribution is 0.491. The van der Waals surface area contributed by atoms with E-state index in [4.69, 9.17) is 0 Å². The van der Waals surface area contributed by atoms with Gasteiger partial charge >= 0.3 is 0 Å². The molecule has 0 aliphatic heterocycles. The van der Waals surface area contributed by atoms with E-state index >= 15 is 0 Å². The van der Waals surface area contributed by atoms with Crippen LogP contribution in [0.5, 0.6) is 0 Å². The number of rotatable bonds is 6. The van der Waals surface area contributed by atoms with Crippen LogP contribution in [0.25, 0.3) is 0 Å². The van der Waals surface area contributed by atoms with Crippen molar-refractivity contribution >= 4 is 0 Å². The molecule has 0 bridgehead atoms. The summed E-state index contributed by atoms with van der Waals surface area (Å²) >= 11 is 0. The Kier molecular flexibility index (Phi) is 3.88. The van der Waals surface area contributed by atoms with Gasteiger partial charge in [0.2, 0.25) is 0 Å². The monoisotopic (exact) mass is 225 g/mol. The van der Waals surface area contributed by atoms with E-state index in [1.54, 1.807) is 12.1 Å². The summed E-state index contributed by atoms with van der Waals surface area (Å²) in [6, 6.07) is 4.30. The van der Waals surface area contributed by atoms with Gasteiger partial charge in [0, 0.05) is 12.1 Å². The van der Waals surface area contributed by atoms with Crippen molar-refractivity contribution in [2.75, 3.05) is 6.54 Å². The Balaban J connectivity index is 1.69. The molecule has 1 N–H and O–H groups in total. The van der Waals surface area contributed by atoms with Crippen molar-refractivity contribution in [3.63, 3.8) is 0 Å². The van der Waals surface area contributed by atoms with Crippen molar-refractivity contribution in [3.8, 4) is 0 Å². The predicted molar refractivity (Wildman–Crippen MR) is 60.0 cm³/mol. The van der Waals surface area contributed by atoms with Crippen LogP contribution in [0.1, 0.15) is 31.2 Å². The summed E-state index contributed by atoms with van der Waals surface area (Å²) in [5.74, 6) is -0.554. The highest BCUT2D eigenvalue weighted by molar-refractivity contribution is 5.18. The molecular weight excluding hydrogens is 208 g/mol. The van der Waals surface area contributed by atoms with E-state index in [1.165, 1.54) is 19.3 Å². The van der Waals surface area contributed by atoms with Crippen LogP contribution in [-0.4, -0.2) is 6.54 Å². The summed E-state index contributed by atoms with van der Waals surface area (Å²) in [5, 5.41) is 3.15. The largest absolute Gasteiger partial charge is 0.313 e. The van der Waals surface area contributed by atoms with E-state index in [2.05, 4.69) is 5.32 Å². The van der Waals surface area contributed by atoms with Gasteiger partial charge in [-0.3, -0.25) is 0 Å². The first-order chi connectivity index (χ1) is 7.77. The maximum Gasteiger partial charge on any atom is 0.163 e. The van der Waals surface area contributed by atoms with Gasteiger partial charge in [0.25, 0.3) is 0 Å². The smallest absolute Gasteiger partial charge is 0.163 e. The molecule has 0 aromatic heterocycles. The summed E-state index contributed by atoms with van der Waals surface area (Å²) in [6.07, 6.45) is 5.14. The number of nitrogens with one attached hydrogen (secondary N) is 1. The quantitative estimate of drug-likeness (QED) is 0.733. The maximum atomic E-state index is 13.2. The van der Waals surface area contributed by atoms with E-state index in [9.17, 15) is 8.78 Å². The molecule has 1 aliphatic rings. The molecule has 3 heteroatoms. The third-order valence-corrected chi connectivity index (χ3v) is 3.01. The summed E-state index contributed by atoms with van der Waals surface area (Å²) in [7, 11) is 0. The Hall–Kier alpha value is -0.960. The van der Waals surface area contributed by atoms with Crippen LogP contribution in [-0.2, 0) is 6.54 Å². The van der Waals surface area contributed by atoms with Gasteiger partial charge < -0.3 is 5.32 Å². The molecule has 1 fully saturated rings. The Bertz CT molecular complexity index is 348. The zero-order valence-electron chi connectivity index (χ0n) is 9.31. The zero-order valence-corrected chi connectivity index (χ0v) is 9.31. The molecule has 2 rings (SSSR count). The third-order valence-electron chi connectivity index (χ3n) is 3.01. The summed E-state index contributed by atoms with van der Waals surface area (Å²) < 4.78 is 26.1. The van der Waals surface area contributed by atoms with Crippen molar-refractivity contribution < 1.29 is 8.78 Å². The molecule has 0 amide bonds. The third kappa shape index (κ3) is 3.27. The molecule has 0 radical (unpaired) electrons. The molecule has 0 saturated heterocycles. The summed E-state index contributed by atoms with van der Waals surface area (Å²) in [5.41, 5.74) is 0.409. The Labute approximate surface area is 94.9 Å². The van der Waals surface area contributed by atoms with Gasteiger partial charge in [-0.1, -0.05) is 25.0 Å². The van der Waals surface area contributed by atoms with Crippen molar-refractivity contribution in [3.05, 3.63) is 35.4 Å². The zero-order chi connectivity index (χ0) is 11.4. The fraction of sp³-hybridized carbons (Fsp3) is 0.538. The number of hydrogen-bond donors (Lipinski definition) is 1. The van der Waals surface area contributed by atoms with Crippen molar-refractivity contribution in [2.24, 2.45) is 5.92 Å². The first-order valence-corrected chi connectivity index (χ1v) is 5.91. The minimum Gasteiger partial charge on any atom is -0.313 e. The molecular formula is C13H17F2N. The van der Waals surface area contributed by atoms with Gasteiger partial charge in [-0.15, -0.1) is 0 Å². The van der Waals surface area contributed by atoms with Gasteiger partial charge in [-0.25, -0.2) is 8.78 Å². The first kappa shape index (κ1) is 11.5. The maximum absolute atomic E-state index is 13.2. The topological polar surface area (TPSA) is 12.0 Å². The Morgan fingerprint density at radius 3 is 2.81 bits per heavy atom. The molecule has 0 atom stereocenters. The van der Waals surface area contributed by atoms with Crippen molar-refractivity contribution in [1.29, 1.82) is 0 Å². The molecule has 1 aromatic rings. The minimum atomic E-state index is -0.766. The summed E-state index contributed by atoms with van der Waals surface area (Å²) in [6.45, 7) is 1.29. The standard InChI is InChI=1S/C13H17F2N/c14-12-5-1-4-11(13(12)15)9-16-8-2-3-10-6-7-10/h1,4-5,10,16H,2-3,6-9H2. The molecule has 1 aromatic carbocycles. The minimum absolute atomic E-state index is 0.409. The Morgan fingerprint density at radius 1 is 1.25 bits per heavy atom. The second kappa shape index (κ2) is 5.39. The van der Waals surface area contributed by atoms with Crippen molar-refractivity contribution in [1.82, 2.24) is 5.32 Å². The highest BCUT2D eigenvalue weighted by atomic mass is 19.2. The molecule has 1 saturated carbocycles. The van der Waals surface area contributed by atoms with Crippen LogP contribution in [0.15, 0.2) is 18.2 Å². The number of benzene rings is 1. The van der Waals surface area contributed by atoms with Gasteiger partial charge in [-0.05, 0) is 31.4 Å². The van der Waals surface area contributed by atoms with Gasteiger partial charge in [0.1, 0.15) is 0 Å². The van der Waals surface area contributed by atoms with Crippen LogP contribution in [0.2, 0.25) is 0 Å². The fourth-order valence-electron chi connectivity index (χ4n) is 1.83. The first-order valence-electron chi connectivity index (χ1n) is 5.91. The van der Waals surface area contributed by atoms with Crippen LogP contribution in [0.4, 0.5) is 8.78 Å². The molecule has 1 nitrogen and oxygen atoms in total. The van der Waals surface area contributed by atoms with Gasteiger partial charge in [0.15, 0.2) is 11.6 Å². The normalized spacial score (nSPS) is 15.4. The highest BCUT2D eigenvalue weighted by Crippen LogP contribution is 2.33.